The standard InChI is InChI=1S/C12H18N4O3/c1-10-11(16(17)18)2-3-12(14-10)13-4-5-15-6-8-19-9-7-15/h2-3H,4-9H2,1H3,(H,13,14). The summed E-state index contributed by atoms with van der Waals surface area (Å²) in [6.07, 6.45) is 0. The first-order valence-electron chi connectivity index (χ1n) is 6.33. The largest absolute Gasteiger partial charge is 0.379 e. The topological polar surface area (TPSA) is 80.5 Å². The quantitative estimate of drug-likeness (QED) is 0.633. The second kappa shape index (κ2) is 6.44. The molecule has 1 aliphatic heterocycles. The molecule has 0 atom stereocenters. The average molecular weight is 266 g/mol. The number of nitrogens with one attached hydrogen (secondary N) is 1. The van der Waals surface area contributed by atoms with Crippen molar-refractivity contribution < 1.29 is 9.66 Å². The second-order valence-electron chi connectivity index (χ2n) is 4.44. The summed E-state index contributed by atoms with van der Waals surface area (Å²) in [6, 6.07) is 3.13. The molecule has 19 heavy (non-hydrogen) atoms. The summed E-state index contributed by atoms with van der Waals surface area (Å²) in [5.41, 5.74) is 0.486. The molecule has 1 saturated heterocycles. The van der Waals surface area contributed by atoms with Gasteiger partial charge in [0.05, 0.1) is 18.1 Å². The molecule has 2 rings (SSSR count). The highest BCUT2D eigenvalue weighted by molar-refractivity contribution is 5.44. The van der Waals surface area contributed by atoms with E-state index in [9.17, 15) is 10.1 Å². The lowest BCUT2D eigenvalue weighted by atomic mass is 10.3. The van der Waals surface area contributed by atoms with Gasteiger partial charge < -0.3 is 10.1 Å². The van der Waals surface area contributed by atoms with Gasteiger partial charge in [-0.15, -0.1) is 0 Å². The van der Waals surface area contributed by atoms with Gasteiger partial charge >= 0.3 is 0 Å². The summed E-state index contributed by atoms with van der Waals surface area (Å²) in [6.45, 7) is 6.81. The molecule has 0 aliphatic carbocycles. The SMILES string of the molecule is Cc1nc(NCCN2CCOCC2)ccc1[N+](=O)[O-]. The van der Waals surface area contributed by atoms with E-state index in [2.05, 4.69) is 15.2 Å². The predicted molar refractivity (Wildman–Crippen MR) is 71.4 cm³/mol. The van der Waals surface area contributed by atoms with Crippen LogP contribution in [-0.2, 0) is 4.74 Å². The molecule has 0 unspecified atom stereocenters. The number of rotatable bonds is 5. The van der Waals surface area contributed by atoms with Crippen LogP contribution < -0.4 is 5.32 Å². The van der Waals surface area contributed by atoms with Crippen LogP contribution in [0, 0.1) is 17.0 Å². The number of hydrogen-bond acceptors (Lipinski definition) is 6. The maximum absolute atomic E-state index is 10.7. The van der Waals surface area contributed by atoms with E-state index in [0.717, 1.165) is 39.4 Å². The van der Waals surface area contributed by atoms with Crippen LogP contribution in [0.25, 0.3) is 0 Å². The Labute approximate surface area is 111 Å². The van der Waals surface area contributed by atoms with E-state index >= 15 is 0 Å². The molecule has 0 amide bonds. The highest BCUT2D eigenvalue weighted by atomic mass is 16.6. The molecule has 104 valence electrons. The first kappa shape index (κ1) is 13.7. The molecule has 0 aromatic carbocycles. The van der Waals surface area contributed by atoms with Crippen molar-refractivity contribution in [2.24, 2.45) is 0 Å². The Balaban J connectivity index is 1.82. The molecule has 1 N–H and O–H groups in total. The number of nitrogens with zero attached hydrogens (tertiary/aromatic N) is 3. The van der Waals surface area contributed by atoms with Crippen molar-refractivity contribution in [2.45, 2.75) is 6.92 Å². The third-order valence-corrected chi connectivity index (χ3v) is 3.09. The van der Waals surface area contributed by atoms with Gasteiger partial charge in [0.25, 0.3) is 5.69 Å². The Morgan fingerprint density at radius 1 is 1.47 bits per heavy atom. The Morgan fingerprint density at radius 3 is 2.84 bits per heavy atom. The molecule has 1 fully saturated rings. The highest BCUT2D eigenvalue weighted by Gasteiger charge is 2.12. The van der Waals surface area contributed by atoms with Gasteiger partial charge in [-0.2, -0.15) is 0 Å². The van der Waals surface area contributed by atoms with E-state index in [-0.39, 0.29) is 5.69 Å². The molecule has 1 aromatic heterocycles. The third kappa shape index (κ3) is 3.87. The maximum atomic E-state index is 10.7. The van der Waals surface area contributed by atoms with Crippen LogP contribution in [0.3, 0.4) is 0 Å². The number of morpholine rings is 1. The van der Waals surface area contributed by atoms with Crippen LogP contribution in [0.5, 0.6) is 0 Å². The fourth-order valence-corrected chi connectivity index (χ4v) is 2.01. The van der Waals surface area contributed by atoms with Crippen molar-refractivity contribution in [3.8, 4) is 0 Å². The number of anilines is 1. The average Bonchev–Trinajstić information content (AvgIpc) is 2.39. The van der Waals surface area contributed by atoms with Crippen molar-refractivity contribution in [1.82, 2.24) is 9.88 Å². The van der Waals surface area contributed by atoms with Crippen molar-refractivity contribution in [2.75, 3.05) is 44.7 Å². The zero-order valence-electron chi connectivity index (χ0n) is 11.0. The van der Waals surface area contributed by atoms with Gasteiger partial charge in [-0.3, -0.25) is 15.0 Å². The van der Waals surface area contributed by atoms with Gasteiger partial charge in [0.2, 0.25) is 0 Å². The van der Waals surface area contributed by atoms with E-state index in [4.69, 9.17) is 4.74 Å². The molecule has 2 heterocycles. The fraction of sp³-hybridized carbons (Fsp3) is 0.583. The van der Waals surface area contributed by atoms with Gasteiger partial charge in [-0.1, -0.05) is 0 Å². The van der Waals surface area contributed by atoms with Crippen LogP contribution in [0.2, 0.25) is 0 Å². The number of ether oxygens (including phenoxy) is 1. The monoisotopic (exact) mass is 266 g/mol. The maximum Gasteiger partial charge on any atom is 0.290 e. The molecule has 0 saturated carbocycles. The van der Waals surface area contributed by atoms with Gasteiger partial charge in [-0.25, -0.2) is 4.98 Å². The summed E-state index contributed by atoms with van der Waals surface area (Å²) >= 11 is 0. The second-order valence-corrected chi connectivity index (χ2v) is 4.44. The van der Waals surface area contributed by atoms with Gasteiger partial charge in [0.15, 0.2) is 0 Å². The Hall–Kier alpha value is -1.73. The van der Waals surface area contributed by atoms with E-state index in [1.54, 1.807) is 13.0 Å². The fourth-order valence-electron chi connectivity index (χ4n) is 2.01. The Morgan fingerprint density at radius 2 is 2.21 bits per heavy atom. The minimum absolute atomic E-state index is 0.0544. The Bertz CT molecular complexity index is 447. The lowest BCUT2D eigenvalue weighted by molar-refractivity contribution is -0.385. The molecular weight excluding hydrogens is 248 g/mol. The van der Waals surface area contributed by atoms with Crippen LogP contribution in [0.15, 0.2) is 12.1 Å². The lowest BCUT2D eigenvalue weighted by Gasteiger charge is -2.26. The number of pyridine rings is 1. The summed E-state index contributed by atoms with van der Waals surface area (Å²) in [7, 11) is 0. The van der Waals surface area contributed by atoms with Crippen molar-refractivity contribution in [3.63, 3.8) is 0 Å². The molecule has 0 bridgehead atoms. The summed E-state index contributed by atoms with van der Waals surface area (Å²) in [5, 5.41) is 13.9. The van der Waals surface area contributed by atoms with Crippen LogP contribution in [-0.4, -0.2) is 54.2 Å². The minimum atomic E-state index is -0.417. The number of aryl methyl sites for hydroxylation is 1. The first-order chi connectivity index (χ1) is 9.16. The zero-order chi connectivity index (χ0) is 13.7. The van der Waals surface area contributed by atoms with Crippen molar-refractivity contribution in [1.29, 1.82) is 0 Å². The molecule has 0 spiro atoms. The summed E-state index contributed by atoms with van der Waals surface area (Å²) in [5.74, 6) is 0.677. The molecule has 1 aliphatic rings. The van der Waals surface area contributed by atoms with Crippen molar-refractivity contribution >= 4 is 11.5 Å². The molecule has 0 radical (unpaired) electrons. The summed E-state index contributed by atoms with van der Waals surface area (Å²) in [4.78, 5) is 16.8. The van der Waals surface area contributed by atoms with Crippen LogP contribution >= 0.6 is 0 Å². The van der Waals surface area contributed by atoms with E-state index in [1.807, 2.05) is 0 Å². The van der Waals surface area contributed by atoms with Gasteiger partial charge in [0, 0.05) is 32.2 Å². The normalized spacial score (nSPS) is 16.3. The Kier molecular flexibility index (Phi) is 4.64. The predicted octanol–water partition coefficient (Wildman–Crippen LogP) is 1.04. The van der Waals surface area contributed by atoms with Crippen LogP contribution in [0.1, 0.15) is 5.69 Å². The van der Waals surface area contributed by atoms with Crippen LogP contribution in [0.4, 0.5) is 11.5 Å². The van der Waals surface area contributed by atoms with Gasteiger partial charge in [0.1, 0.15) is 11.5 Å². The molecule has 7 heteroatoms. The smallest absolute Gasteiger partial charge is 0.290 e. The van der Waals surface area contributed by atoms with E-state index < -0.39 is 4.92 Å². The molecular formula is C12H18N4O3. The van der Waals surface area contributed by atoms with E-state index in [1.165, 1.54) is 6.07 Å². The summed E-state index contributed by atoms with van der Waals surface area (Å²) < 4.78 is 5.28. The number of hydrogen-bond donors (Lipinski definition) is 1. The highest BCUT2D eigenvalue weighted by Crippen LogP contribution is 2.17. The first-order valence-corrected chi connectivity index (χ1v) is 6.33. The zero-order valence-corrected chi connectivity index (χ0v) is 11.0. The van der Waals surface area contributed by atoms with Gasteiger partial charge in [-0.05, 0) is 13.0 Å². The third-order valence-electron chi connectivity index (χ3n) is 3.09. The number of nitro groups is 1. The molecule has 7 nitrogen and oxygen atoms in total. The molecule has 1 aromatic rings. The minimum Gasteiger partial charge on any atom is -0.379 e. The van der Waals surface area contributed by atoms with E-state index in [0.29, 0.717) is 11.5 Å². The lowest BCUT2D eigenvalue weighted by Crippen LogP contribution is -2.39. The number of aromatic nitrogens is 1. The van der Waals surface area contributed by atoms with Crippen molar-refractivity contribution in [3.05, 3.63) is 27.9 Å².